The molecule has 0 aliphatic heterocycles. The lowest BCUT2D eigenvalue weighted by molar-refractivity contribution is -0.394. The maximum Gasteiger partial charge on any atom is 0.292 e. The topological polar surface area (TPSA) is 219 Å². The van der Waals surface area contributed by atoms with Crippen molar-refractivity contribution in [3.05, 3.63) is 82.7 Å². The van der Waals surface area contributed by atoms with Gasteiger partial charge >= 0.3 is 0 Å². The molecule has 3 N–H and O–H groups in total. The summed E-state index contributed by atoms with van der Waals surface area (Å²) in [6.07, 6.45) is 1.02. The second kappa shape index (κ2) is 12.1. The molecule has 2 aromatic rings. The number of anilines is 1. The summed E-state index contributed by atoms with van der Waals surface area (Å²) in [7, 11) is 1.84. The number of nitro benzene ring substituents is 3. The number of nitrogens with one attached hydrogen (secondary N) is 1. The van der Waals surface area contributed by atoms with Crippen LogP contribution >= 0.6 is 0 Å². The van der Waals surface area contributed by atoms with Gasteiger partial charge < -0.3 is 16.0 Å². The summed E-state index contributed by atoms with van der Waals surface area (Å²) >= 11 is 0. The van der Waals surface area contributed by atoms with Gasteiger partial charge in [-0.1, -0.05) is 11.2 Å². The smallest absolute Gasteiger partial charge is 0.292 e. The molecule has 1 atom stereocenters. The predicted octanol–water partition coefficient (Wildman–Crippen LogP) is 4.18. The second-order valence-electron chi connectivity index (χ2n) is 7.38. The van der Waals surface area contributed by atoms with Gasteiger partial charge in [-0.15, -0.1) is 0 Å². The third-order valence-electron chi connectivity index (χ3n) is 5.01. The van der Waals surface area contributed by atoms with Crippen LogP contribution in [0.4, 0.5) is 28.4 Å². The maximum absolute atomic E-state index is 11.3. The van der Waals surface area contributed by atoms with E-state index in [1.807, 2.05) is 11.9 Å². The molecule has 2 aromatic carbocycles. The molecule has 180 valence electrons. The second-order valence-corrected chi connectivity index (χ2v) is 7.38. The van der Waals surface area contributed by atoms with E-state index < -0.39 is 20.8 Å². The summed E-state index contributed by atoms with van der Waals surface area (Å²) in [4.78, 5) is 36.0. The Hall–Kier alpha value is -4.33. The Labute approximate surface area is 193 Å². The molecule has 0 saturated carbocycles. The van der Waals surface area contributed by atoms with E-state index >= 15 is 0 Å². The molecule has 0 saturated heterocycles. The zero-order chi connectivity index (χ0) is 25.3. The fourth-order valence-corrected chi connectivity index (χ4v) is 3.25. The van der Waals surface area contributed by atoms with Crippen molar-refractivity contribution in [2.75, 3.05) is 32.0 Å². The molecular formula is C19H23N9O6. The van der Waals surface area contributed by atoms with Gasteiger partial charge in [0.05, 0.1) is 20.8 Å². The Kier molecular flexibility index (Phi) is 9.19. The number of nitrogens with zero attached hydrogens (tertiary/aromatic N) is 7. The average molecular weight is 473 g/mol. The first kappa shape index (κ1) is 25.9. The molecule has 15 heteroatoms. The van der Waals surface area contributed by atoms with Crippen molar-refractivity contribution >= 4 is 28.4 Å². The largest absolute Gasteiger partial charge is 0.379 e. The van der Waals surface area contributed by atoms with E-state index in [0.29, 0.717) is 38.2 Å². The minimum Gasteiger partial charge on any atom is -0.379 e. The Morgan fingerprint density at radius 3 is 2.38 bits per heavy atom. The van der Waals surface area contributed by atoms with Crippen LogP contribution in [0.1, 0.15) is 24.4 Å². The van der Waals surface area contributed by atoms with Crippen molar-refractivity contribution in [2.24, 2.45) is 10.8 Å². The summed E-state index contributed by atoms with van der Waals surface area (Å²) < 4.78 is 0. The molecule has 0 bridgehead atoms. The van der Waals surface area contributed by atoms with Crippen molar-refractivity contribution < 1.29 is 14.8 Å². The molecule has 1 unspecified atom stereocenters. The van der Waals surface area contributed by atoms with E-state index in [0.717, 1.165) is 6.07 Å². The molecule has 0 aliphatic carbocycles. The van der Waals surface area contributed by atoms with Crippen molar-refractivity contribution in [3.63, 3.8) is 0 Å². The molecule has 0 fully saturated rings. The number of azide groups is 1. The van der Waals surface area contributed by atoms with Crippen LogP contribution in [0, 0.1) is 30.3 Å². The van der Waals surface area contributed by atoms with Crippen LogP contribution in [0.3, 0.4) is 0 Å². The predicted molar refractivity (Wildman–Crippen MR) is 124 cm³/mol. The van der Waals surface area contributed by atoms with E-state index in [-0.39, 0.29) is 28.3 Å². The van der Waals surface area contributed by atoms with Crippen LogP contribution in [0.5, 0.6) is 0 Å². The Morgan fingerprint density at radius 2 is 1.76 bits per heavy atom. The first-order valence-corrected chi connectivity index (χ1v) is 10.1. The zero-order valence-corrected chi connectivity index (χ0v) is 18.2. The van der Waals surface area contributed by atoms with Gasteiger partial charge in [0.15, 0.2) is 0 Å². The Bertz CT molecular complexity index is 1120. The number of hydrogen-bond acceptors (Lipinski definition) is 10. The van der Waals surface area contributed by atoms with Crippen LogP contribution in [-0.2, 0) is 0 Å². The summed E-state index contributed by atoms with van der Waals surface area (Å²) in [5.74, 6) is 0. The van der Waals surface area contributed by atoms with Gasteiger partial charge in [-0.05, 0) is 50.6 Å². The summed E-state index contributed by atoms with van der Waals surface area (Å²) in [6, 6.07) is 6.86. The molecule has 0 aromatic heterocycles. The van der Waals surface area contributed by atoms with Crippen LogP contribution in [-0.4, -0.2) is 46.4 Å². The molecule has 0 amide bonds. The molecular weight excluding hydrogens is 450 g/mol. The van der Waals surface area contributed by atoms with Gasteiger partial charge in [0.25, 0.3) is 17.1 Å². The monoisotopic (exact) mass is 473 g/mol. The number of non-ortho nitro benzene ring substituents is 1. The number of hydrogen-bond donors (Lipinski definition) is 2. The molecule has 2 rings (SSSR count). The van der Waals surface area contributed by atoms with E-state index in [1.54, 1.807) is 0 Å². The number of benzene rings is 2. The number of nitrogens with two attached hydrogens (primary N) is 1. The lowest BCUT2D eigenvalue weighted by Crippen LogP contribution is -2.26. The lowest BCUT2D eigenvalue weighted by Gasteiger charge is -2.19. The average Bonchev–Trinajstić information content (AvgIpc) is 2.80. The van der Waals surface area contributed by atoms with E-state index in [2.05, 4.69) is 15.3 Å². The van der Waals surface area contributed by atoms with Gasteiger partial charge in [0.2, 0.25) is 0 Å². The first-order valence-electron chi connectivity index (χ1n) is 10.1. The number of rotatable bonds is 13. The summed E-state index contributed by atoms with van der Waals surface area (Å²) in [6.45, 7) is 1.56. The van der Waals surface area contributed by atoms with Crippen LogP contribution in [0.2, 0.25) is 0 Å². The van der Waals surface area contributed by atoms with Crippen molar-refractivity contribution in [3.8, 4) is 0 Å². The highest BCUT2D eigenvalue weighted by Gasteiger charge is 2.23. The molecule has 15 nitrogen and oxygen atoms in total. The highest BCUT2D eigenvalue weighted by atomic mass is 16.6. The highest BCUT2D eigenvalue weighted by Crippen LogP contribution is 2.30. The molecule has 0 heterocycles. The van der Waals surface area contributed by atoms with Gasteiger partial charge in [-0.3, -0.25) is 30.3 Å². The van der Waals surface area contributed by atoms with Crippen molar-refractivity contribution in [2.45, 2.75) is 18.9 Å². The van der Waals surface area contributed by atoms with Gasteiger partial charge in [0, 0.05) is 40.9 Å². The highest BCUT2D eigenvalue weighted by molar-refractivity contribution is 5.66. The molecule has 0 aliphatic rings. The fraction of sp³-hybridized carbons (Fsp3) is 0.368. The summed E-state index contributed by atoms with van der Waals surface area (Å²) in [5, 5.41) is 39.7. The van der Waals surface area contributed by atoms with Crippen LogP contribution in [0.15, 0.2) is 41.5 Å². The number of nitro groups is 3. The quantitative estimate of drug-likeness (QED) is 0.106. The van der Waals surface area contributed by atoms with E-state index in [4.69, 9.17) is 11.3 Å². The lowest BCUT2D eigenvalue weighted by atomic mass is 10.0. The van der Waals surface area contributed by atoms with E-state index in [9.17, 15) is 30.3 Å². The molecule has 0 spiro atoms. The van der Waals surface area contributed by atoms with Gasteiger partial charge in [-0.25, -0.2) is 0 Å². The minimum absolute atomic E-state index is 0.143. The summed E-state index contributed by atoms with van der Waals surface area (Å²) in [5.41, 5.74) is 14.3. The van der Waals surface area contributed by atoms with Gasteiger partial charge in [0.1, 0.15) is 5.69 Å². The zero-order valence-electron chi connectivity index (χ0n) is 18.2. The van der Waals surface area contributed by atoms with Crippen molar-refractivity contribution in [1.82, 2.24) is 4.90 Å². The van der Waals surface area contributed by atoms with Crippen LogP contribution in [0.25, 0.3) is 10.4 Å². The fourth-order valence-electron chi connectivity index (χ4n) is 3.25. The van der Waals surface area contributed by atoms with E-state index in [1.165, 1.54) is 30.3 Å². The normalized spacial score (nSPS) is 11.5. The first-order chi connectivity index (χ1) is 16.1. The Balaban J connectivity index is 1.87. The maximum atomic E-state index is 11.3. The van der Waals surface area contributed by atoms with Crippen molar-refractivity contribution in [1.29, 1.82) is 0 Å². The SMILES string of the molecule is CN(CCCNc1ccc(N=[N+]=[N-])cc1[N+](=O)[O-])CCC(N)c1ccc([N+](=O)[O-])cc1[N+](=O)[O-]. The molecule has 34 heavy (non-hydrogen) atoms. The standard InChI is InChI=1S/C19H23N9O6/c1-25(9-2-8-22-17-6-3-13(23-24-21)11-19(17)28(33)34)10-7-16(20)15-5-4-14(26(29)30)12-18(15)27(31)32/h3-6,11-12,16,22H,2,7-10,20H2,1H3. The van der Waals surface area contributed by atoms with Crippen LogP contribution < -0.4 is 11.1 Å². The molecule has 0 radical (unpaired) electrons. The Morgan fingerprint density at radius 1 is 1.06 bits per heavy atom. The van der Waals surface area contributed by atoms with Gasteiger partial charge in [-0.2, -0.15) is 0 Å². The third-order valence-corrected chi connectivity index (χ3v) is 5.01. The third kappa shape index (κ3) is 7.09. The minimum atomic E-state index is -0.701.